The van der Waals surface area contributed by atoms with Gasteiger partial charge in [-0.2, -0.15) is 0 Å². The first kappa shape index (κ1) is 26.8. The molecule has 10 aromatic rings. The van der Waals surface area contributed by atoms with Crippen LogP contribution in [0.15, 0.2) is 180 Å². The van der Waals surface area contributed by atoms with Crippen LogP contribution in [0.1, 0.15) is 0 Å². The normalized spacial score (nSPS) is 11.8. The highest BCUT2D eigenvalue weighted by molar-refractivity contribution is 6.31. The number of para-hydroxylation sites is 1. The summed E-state index contributed by atoms with van der Waals surface area (Å²) in [6, 6.07) is 63.2. The summed E-state index contributed by atoms with van der Waals surface area (Å²) in [6.07, 6.45) is 0. The highest BCUT2D eigenvalue weighted by atomic mass is 16.3. The SMILES string of the molecule is c1ccc(-c2cc(-c3ccccc3)cc(-c3ccc(-n4c5ccccc5c5c6c(ccc54)oc4ccc5ccccc5c46)cc3)c2)cc1. The topological polar surface area (TPSA) is 18.1 Å². The van der Waals surface area contributed by atoms with E-state index >= 15 is 0 Å². The summed E-state index contributed by atoms with van der Waals surface area (Å²) in [5.41, 5.74) is 12.5. The molecule has 0 fully saturated rings. The number of benzene rings is 8. The molecule has 0 aliphatic rings. The third-order valence-electron chi connectivity index (χ3n) is 9.77. The van der Waals surface area contributed by atoms with Crippen molar-refractivity contribution in [3.8, 4) is 39.1 Å². The van der Waals surface area contributed by atoms with E-state index in [-0.39, 0.29) is 0 Å². The number of fused-ring (bicyclic) bond motifs is 9. The van der Waals surface area contributed by atoms with Gasteiger partial charge in [-0.3, -0.25) is 0 Å². The molecule has 0 N–H and O–H groups in total. The minimum Gasteiger partial charge on any atom is -0.456 e. The lowest BCUT2D eigenvalue weighted by Crippen LogP contribution is -1.94. The van der Waals surface area contributed by atoms with E-state index in [0.717, 1.165) is 16.9 Å². The maximum absolute atomic E-state index is 6.47. The molecule has 224 valence electrons. The fourth-order valence-electron chi connectivity index (χ4n) is 7.56. The fourth-order valence-corrected chi connectivity index (χ4v) is 7.56. The molecule has 8 aromatic carbocycles. The monoisotopic (exact) mass is 611 g/mol. The third kappa shape index (κ3) is 4.13. The van der Waals surface area contributed by atoms with Crippen LogP contribution in [0.3, 0.4) is 0 Å². The average Bonchev–Trinajstić information content (AvgIpc) is 3.71. The second-order valence-electron chi connectivity index (χ2n) is 12.5. The molecule has 2 aromatic heterocycles. The highest BCUT2D eigenvalue weighted by Crippen LogP contribution is 2.43. The molecule has 2 heterocycles. The summed E-state index contributed by atoms with van der Waals surface area (Å²) >= 11 is 0. The van der Waals surface area contributed by atoms with E-state index in [2.05, 4.69) is 180 Å². The van der Waals surface area contributed by atoms with E-state index in [9.17, 15) is 0 Å². The van der Waals surface area contributed by atoms with Crippen LogP contribution < -0.4 is 0 Å². The Labute approximate surface area is 277 Å². The van der Waals surface area contributed by atoms with Crippen LogP contribution in [-0.2, 0) is 0 Å². The van der Waals surface area contributed by atoms with Crippen molar-refractivity contribution < 1.29 is 4.42 Å². The molecule has 0 radical (unpaired) electrons. The standard InChI is InChI=1S/C46H29NO/c1-3-11-30(12-4-1)34-27-35(31-13-5-2-6-14-31)29-36(28-34)32-19-22-37(23-20-32)47-40-18-10-9-17-39(40)44-41(47)24-26-43-46(44)45-38-16-8-7-15-33(38)21-25-42(45)48-43/h1-29H. The molecule has 0 amide bonds. The zero-order chi connectivity index (χ0) is 31.6. The Hall–Kier alpha value is -6.38. The summed E-state index contributed by atoms with van der Waals surface area (Å²) < 4.78 is 8.87. The quantitative estimate of drug-likeness (QED) is 0.194. The van der Waals surface area contributed by atoms with Crippen molar-refractivity contribution in [2.45, 2.75) is 0 Å². The number of nitrogens with zero attached hydrogens (tertiary/aromatic N) is 1. The van der Waals surface area contributed by atoms with Gasteiger partial charge >= 0.3 is 0 Å². The number of hydrogen-bond donors (Lipinski definition) is 0. The summed E-state index contributed by atoms with van der Waals surface area (Å²) in [5.74, 6) is 0. The van der Waals surface area contributed by atoms with Gasteiger partial charge in [-0.15, -0.1) is 0 Å². The molecule has 48 heavy (non-hydrogen) atoms. The summed E-state index contributed by atoms with van der Waals surface area (Å²) in [5, 5.41) is 7.24. The first-order valence-electron chi connectivity index (χ1n) is 16.4. The zero-order valence-electron chi connectivity index (χ0n) is 26.1. The molecule has 0 aliphatic heterocycles. The van der Waals surface area contributed by atoms with E-state index in [0.29, 0.717) is 0 Å². The van der Waals surface area contributed by atoms with Gasteiger partial charge in [0.1, 0.15) is 11.2 Å². The molecule has 0 aliphatic carbocycles. The van der Waals surface area contributed by atoms with E-state index in [1.54, 1.807) is 0 Å². The minimum absolute atomic E-state index is 0.916. The second kappa shape index (κ2) is 10.6. The van der Waals surface area contributed by atoms with Crippen molar-refractivity contribution in [1.29, 1.82) is 0 Å². The van der Waals surface area contributed by atoms with E-state index < -0.39 is 0 Å². The van der Waals surface area contributed by atoms with Crippen molar-refractivity contribution in [2.75, 3.05) is 0 Å². The lowest BCUT2D eigenvalue weighted by atomic mass is 9.93. The lowest BCUT2D eigenvalue weighted by molar-refractivity contribution is 0.669. The Bertz CT molecular complexity index is 2750. The molecule has 0 spiro atoms. The summed E-state index contributed by atoms with van der Waals surface area (Å²) in [4.78, 5) is 0. The van der Waals surface area contributed by atoms with E-state index in [4.69, 9.17) is 4.42 Å². The predicted octanol–water partition coefficient (Wildman–Crippen LogP) is 12.8. The van der Waals surface area contributed by atoms with Crippen molar-refractivity contribution >= 4 is 54.5 Å². The first-order valence-corrected chi connectivity index (χ1v) is 16.4. The van der Waals surface area contributed by atoms with Crippen molar-refractivity contribution in [3.63, 3.8) is 0 Å². The van der Waals surface area contributed by atoms with Gasteiger partial charge in [-0.05, 0) is 98.8 Å². The number of furan rings is 1. The van der Waals surface area contributed by atoms with Crippen LogP contribution >= 0.6 is 0 Å². The van der Waals surface area contributed by atoms with Crippen LogP contribution in [0.25, 0.3) is 93.6 Å². The number of rotatable bonds is 4. The average molecular weight is 612 g/mol. The van der Waals surface area contributed by atoms with Gasteiger partial charge in [0.2, 0.25) is 0 Å². The maximum Gasteiger partial charge on any atom is 0.136 e. The largest absolute Gasteiger partial charge is 0.456 e. The van der Waals surface area contributed by atoms with Gasteiger partial charge in [-0.25, -0.2) is 0 Å². The second-order valence-corrected chi connectivity index (χ2v) is 12.5. The molecule has 0 atom stereocenters. The maximum atomic E-state index is 6.47. The molecule has 2 heteroatoms. The van der Waals surface area contributed by atoms with Gasteiger partial charge in [0, 0.05) is 27.2 Å². The summed E-state index contributed by atoms with van der Waals surface area (Å²) in [7, 11) is 0. The lowest BCUT2D eigenvalue weighted by Gasteiger charge is -2.13. The highest BCUT2D eigenvalue weighted by Gasteiger charge is 2.20. The molecule has 0 saturated carbocycles. The Kier molecular flexibility index (Phi) is 5.91. The van der Waals surface area contributed by atoms with Crippen LogP contribution in [0.4, 0.5) is 0 Å². The van der Waals surface area contributed by atoms with Crippen LogP contribution in [-0.4, -0.2) is 4.57 Å². The molecular formula is C46H29NO. The fraction of sp³-hybridized carbons (Fsp3) is 0. The molecule has 10 rings (SSSR count). The van der Waals surface area contributed by atoms with Crippen molar-refractivity contribution in [3.05, 3.63) is 176 Å². The van der Waals surface area contributed by atoms with E-state index in [1.807, 2.05) is 0 Å². The third-order valence-corrected chi connectivity index (χ3v) is 9.77. The number of aromatic nitrogens is 1. The van der Waals surface area contributed by atoms with E-state index in [1.165, 1.54) is 76.7 Å². The predicted molar refractivity (Wildman–Crippen MR) is 202 cm³/mol. The van der Waals surface area contributed by atoms with Gasteiger partial charge in [0.15, 0.2) is 0 Å². The Morgan fingerprint density at radius 3 is 1.56 bits per heavy atom. The smallest absolute Gasteiger partial charge is 0.136 e. The van der Waals surface area contributed by atoms with Crippen LogP contribution in [0, 0.1) is 0 Å². The molecule has 0 bridgehead atoms. The van der Waals surface area contributed by atoms with Crippen LogP contribution in [0.2, 0.25) is 0 Å². The Morgan fingerprint density at radius 1 is 0.333 bits per heavy atom. The zero-order valence-corrected chi connectivity index (χ0v) is 26.1. The van der Waals surface area contributed by atoms with Gasteiger partial charge in [0.25, 0.3) is 0 Å². The minimum atomic E-state index is 0.916. The van der Waals surface area contributed by atoms with Crippen molar-refractivity contribution in [2.24, 2.45) is 0 Å². The molecule has 2 nitrogen and oxygen atoms in total. The van der Waals surface area contributed by atoms with Crippen LogP contribution in [0.5, 0.6) is 0 Å². The number of hydrogen-bond acceptors (Lipinski definition) is 1. The molecular weight excluding hydrogens is 583 g/mol. The first-order chi connectivity index (χ1) is 23.8. The molecule has 0 unspecified atom stereocenters. The van der Waals surface area contributed by atoms with Gasteiger partial charge < -0.3 is 8.98 Å². The van der Waals surface area contributed by atoms with Gasteiger partial charge in [0.05, 0.1) is 11.0 Å². The van der Waals surface area contributed by atoms with Gasteiger partial charge in [-0.1, -0.05) is 121 Å². The van der Waals surface area contributed by atoms with Crippen molar-refractivity contribution in [1.82, 2.24) is 4.57 Å². The Balaban J connectivity index is 1.17. The Morgan fingerprint density at radius 2 is 0.875 bits per heavy atom. The molecule has 0 saturated heterocycles. The summed E-state index contributed by atoms with van der Waals surface area (Å²) in [6.45, 7) is 0.